The molecule has 0 radical (unpaired) electrons. The highest BCUT2D eigenvalue weighted by molar-refractivity contribution is 5.95. The lowest BCUT2D eigenvalue weighted by atomic mass is 10.0. The molecule has 4 unspecified atom stereocenters. The molecule has 0 rings (SSSR count). The van der Waals surface area contributed by atoms with Crippen molar-refractivity contribution in [3.05, 3.63) is 0 Å². The molecule has 4 atom stereocenters. The number of carbonyl (C=O) groups is 5. The molecule has 0 aromatic carbocycles. The number of nitrogens with two attached hydrogens (primary N) is 1. The molecule has 3 amide bonds. The first kappa shape index (κ1) is 24.3. The maximum atomic E-state index is 12.3. The van der Waals surface area contributed by atoms with Crippen molar-refractivity contribution in [2.75, 3.05) is 0 Å². The standard InChI is InChI=1S/C16H28N4O7/c1-7(2)5-10(17)14(24)20-11(6-12(21)22)15(25)18-8(3)13(23)19-9(4)16(26)27/h7-11H,5-6,17H2,1-4H3,(H,18,25)(H,19,23)(H,20,24)(H,21,22)(H,26,27). The molecule has 0 aromatic heterocycles. The van der Waals surface area contributed by atoms with Crippen molar-refractivity contribution in [1.29, 1.82) is 0 Å². The zero-order valence-electron chi connectivity index (χ0n) is 15.8. The number of hydrogen-bond acceptors (Lipinski definition) is 6. The van der Waals surface area contributed by atoms with E-state index in [-0.39, 0.29) is 5.92 Å². The Morgan fingerprint density at radius 3 is 1.78 bits per heavy atom. The van der Waals surface area contributed by atoms with Crippen LogP contribution in [0.5, 0.6) is 0 Å². The third-order valence-corrected chi connectivity index (χ3v) is 3.56. The van der Waals surface area contributed by atoms with Crippen molar-refractivity contribution < 1.29 is 34.2 Å². The predicted molar refractivity (Wildman–Crippen MR) is 94.5 cm³/mol. The lowest BCUT2D eigenvalue weighted by molar-refractivity contribution is -0.142. The molecular formula is C16H28N4O7. The van der Waals surface area contributed by atoms with Gasteiger partial charge in [0.05, 0.1) is 12.5 Å². The van der Waals surface area contributed by atoms with Crippen LogP contribution in [0.3, 0.4) is 0 Å². The zero-order valence-corrected chi connectivity index (χ0v) is 15.8. The van der Waals surface area contributed by atoms with E-state index in [4.69, 9.17) is 15.9 Å². The number of rotatable bonds is 11. The van der Waals surface area contributed by atoms with Gasteiger partial charge in [0, 0.05) is 0 Å². The SMILES string of the molecule is CC(C)CC(N)C(=O)NC(CC(=O)O)C(=O)NC(C)C(=O)NC(C)C(=O)O. The first-order valence-corrected chi connectivity index (χ1v) is 8.46. The number of aliphatic carboxylic acids is 2. The molecular weight excluding hydrogens is 360 g/mol. The Morgan fingerprint density at radius 2 is 1.33 bits per heavy atom. The molecule has 7 N–H and O–H groups in total. The van der Waals surface area contributed by atoms with Gasteiger partial charge in [0.25, 0.3) is 0 Å². The Morgan fingerprint density at radius 1 is 0.815 bits per heavy atom. The van der Waals surface area contributed by atoms with Crippen molar-refractivity contribution in [3.63, 3.8) is 0 Å². The Bertz CT molecular complexity index is 579. The Labute approximate surface area is 157 Å². The minimum Gasteiger partial charge on any atom is -0.481 e. The van der Waals surface area contributed by atoms with Gasteiger partial charge in [-0.3, -0.25) is 24.0 Å². The fourth-order valence-corrected chi connectivity index (χ4v) is 2.06. The largest absolute Gasteiger partial charge is 0.481 e. The zero-order chi connectivity index (χ0) is 21.3. The van der Waals surface area contributed by atoms with E-state index in [9.17, 15) is 24.0 Å². The number of hydrogen-bond donors (Lipinski definition) is 6. The van der Waals surface area contributed by atoms with E-state index in [1.807, 2.05) is 13.8 Å². The van der Waals surface area contributed by atoms with E-state index in [1.54, 1.807) is 0 Å². The molecule has 0 spiro atoms. The van der Waals surface area contributed by atoms with Crippen LogP contribution in [0.4, 0.5) is 0 Å². The molecule has 0 aliphatic heterocycles. The fraction of sp³-hybridized carbons (Fsp3) is 0.688. The van der Waals surface area contributed by atoms with E-state index in [0.717, 1.165) is 0 Å². The summed E-state index contributed by atoms with van der Waals surface area (Å²) in [7, 11) is 0. The van der Waals surface area contributed by atoms with E-state index in [1.165, 1.54) is 13.8 Å². The van der Waals surface area contributed by atoms with Gasteiger partial charge in [-0.1, -0.05) is 13.8 Å². The van der Waals surface area contributed by atoms with Crippen LogP contribution in [0.2, 0.25) is 0 Å². The van der Waals surface area contributed by atoms with Crippen LogP contribution < -0.4 is 21.7 Å². The molecule has 0 fully saturated rings. The monoisotopic (exact) mass is 388 g/mol. The summed E-state index contributed by atoms with van der Waals surface area (Å²) >= 11 is 0. The predicted octanol–water partition coefficient (Wildman–Crippen LogP) is -1.59. The second-order valence-electron chi connectivity index (χ2n) is 6.69. The second kappa shape index (κ2) is 11.1. The molecule has 11 nitrogen and oxygen atoms in total. The second-order valence-corrected chi connectivity index (χ2v) is 6.69. The highest BCUT2D eigenvalue weighted by atomic mass is 16.4. The first-order chi connectivity index (χ1) is 12.3. The summed E-state index contributed by atoms with van der Waals surface area (Å²) in [6.45, 7) is 6.25. The first-order valence-electron chi connectivity index (χ1n) is 8.46. The summed E-state index contributed by atoms with van der Waals surface area (Å²) in [5.41, 5.74) is 5.72. The minimum atomic E-state index is -1.43. The molecule has 0 saturated carbocycles. The molecule has 27 heavy (non-hydrogen) atoms. The van der Waals surface area contributed by atoms with Crippen molar-refractivity contribution in [1.82, 2.24) is 16.0 Å². The number of carboxylic acid groups (broad SMARTS) is 2. The Hall–Kier alpha value is -2.69. The average Bonchev–Trinajstić information content (AvgIpc) is 2.52. The van der Waals surface area contributed by atoms with Gasteiger partial charge in [-0.25, -0.2) is 0 Å². The van der Waals surface area contributed by atoms with E-state index in [0.29, 0.717) is 6.42 Å². The molecule has 154 valence electrons. The third kappa shape index (κ3) is 9.54. The third-order valence-electron chi connectivity index (χ3n) is 3.56. The van der Waals surface area contributed by atoms with Crippen LogP contribution in [-0.2, 0) is 24.0 Å². The number of carbonyl (C=O) groups excluding carboxylic acids is 3. The summed E-state index contributed by atoms with van der Waals surface area (Å²) < 4.78 is 0. The maximum absolute atomic E-state index is 12.3. The molecule has 0 aliphatic carbocycles. The summed E-state index contributed by atoms with van der Waals surface area (Å²) in [5.74, 6) is -4.80. The van der Waals surface area contributed by atoms with E-state index >= 15 is 0 Å². The Balaban J connectivity index is 4.96. The molecule has 0 aliphatic rings. The number of amides is 3. The van der Waals surface area contributed by atoms with Gasteiger partial charge in [-0.2, -0.15) is 0 Å². The van der Waals surface area contributed by atoms with Crippen molar-refractivity contribution in [2.45, 2.75) is 64.7 Å². The summed E-state index contributed by atoms with van der Waals surface area (Å²) in [5, 5.41) is 24.4. The molecule has 0 heterocycles. The smallest absolute Gasteiger partial charge is 0.325 e. The van der Waals surface area contributed by atoms with Gasteiger partial charge in [-0.15, -0.1) is 0 Å². The van der Waals surface area contributed by atoms with E-state index < -0.39 is 60.2 Å². The summed E-state index contributed by atoms with van der Waals surface area (Å²) in [6, 6.07) is -4.65. The van der Waals surface area contributed by atoms with Gasteiger partial charge in [0.1, 0.15) is 18.1 Å². The topological polar surface area (TPSA) is 188 Å². The summed E-state index contributed by atoms with van der Waals surface area (Å²) in [6.07, 6.45) is -0.356. The fourth-order valence-electron chi connectivity index (χ4n) is 2.06. The quantitative estimate of drug-likeness (QED) is 0.244. The van der Waals surface area contributed by atoms with Gasteiger partial charge >= 0.3 is 11.9 Å². The van der Waals surface area contributed by atoms with Crippen LogP contribution in [0.25, 0.3) is 0 Å². The van der Waals surface area contributed by atoms with E-state index in [2.05, 4.69) is 16.0 Å². The summed E-state index contributed by atoms with van der Waals surface area (Å²) in [4.78, 5) is 57.9. The van der Waals surface area contributed by atoms with Crippen LogP contribution in [0.1, 0.15) is 40.5 Å². The van der Waals surface area contributed by atoms with Crippen LogP contribution in [0.15, 0.2) is 0 Å². The van der Waals surface area contributed by atoms with Gasteiger partial charge in [0.2, 0.25) is 17.7 Å². The molecule has 0 bridgehead atoms. The number of nitrogens with one attached hydrogen (secondary N) is 3. The van der Waals surface area contributed by atoms with Crippen molar-refractivity contribution in [2.24, 2.45) is 11.7 Å². The van der Waals surface area contributed by atoms with Gasteiger partial charge in [-0.05, 0) is 26.2 Å². The molecule has 0 saturated heterocycles. The van der Waals surface area contributed by atoms with Gasteiger partial charge < -0.3 is 31.9 Å². The minimum absolute atomic E-state index is 0.123. The molecule has 11 heteroatoms. The van der Waals surface area contributed by atoms with Crippen LogP contribution in [0, 0.1) is 5.92 Å². The average molecular weight is 388 g/mol. The highest BCUT2D eigenvalue weighted by Gasteiger charge is 2.29. The van der Waals surface area contributed by atoms with Crippen LogP contribution in [-0.4, -0.2) is 64.0 Å². The highest BCUT2D eigenvalue weighted by Crippen LogP contribution is 2.04. The van der Waals surface area contributed by atoms with Crippen molar-refractivity contribution >= 4 is 29.7 Å². The Kier molecular flexibility index (Phi) is 10.0. The lowest BCUT2D eigenvalue weighted by Gasteiger charge is -2.22. The maximum Gasteiger partial charge on any atom is 0.325 e. The van der Waals surface area contributed by atoms with Gasteiger partial charge in [0.15, 0.2) is 0 Å². The van der Waals surface area contributed by atoms with Crippen LogP contribution >= 0.6 is 0 Å². The normalized spacial score (nSPS) is 15.2. The lowest BCUT2D eigenvalue weighted by Crippen LogP contribution is -2.56. The van der Waals surface area contributed by atoms with Crippen molar-refractivity contribution in [3.8, 4) is 0 Å². The number of carboxylic acids is 2. The molecule has 0 aromatic rings.